The van der Waals surface area contributed by atoms with Crippen LogP contribution in [0.15, 0.2) is 72.9 Å². The molecule has 0 saturated carbocycles. The maximum absolute atomic E-state index is 13.0. The van der Waals surface area contributed by atoms with Crippen molar-refractivity contribution in [3.8, 4) is 0 Å². The van der Waals surface area contributed by atoms with E-state index in [4.69, 9.17) is 18.9 Å². The molecule has 0 spiro atoms. The van der Waals surface area contributed by atoms with Gasteiger partial charge in [-0.2, -0.15) is 0 Å². The molecule has 0 aromatic rings. The molecule has 0 amide bonds. The van der Waals surface area contributed by atoms with Gasteiger partial charge in [-0.25, -0.2) is 0 Å². The summed E-state index contributed by atoms with van der Waals surface area (Å²) in [5.41, 5.74) is 0. The first-order valence-corrected chi connectivity index (χ1v) is 40.1. The predicted molar refractivity (Wildman–Crippen MR) is 398 cm³/mol. The van der Waals surface area contributed by atoms with Crippen molar-refractivity contribution in [1.82, 2.24) is 0 Å². The van der Waals surface area contributed by atoms with Crippen LogP contribution in [0.2, 0.25) is 0 Å². The number of nitrogens with zero attached hydrogens (tertiary/aromatic N) is 1. The number of carbonyl (C=O) groups is 3. The van der Waals surface area contributed by atoms with E-state index in [0.717, 1.165) is 57.8 Å². The molecule has 0 heterocycles. The molecule has 9 nitrogen and oxygen atoms in total. The van der Waals surface area contributed by atoms with Gasteiger partial charge in [0.2, 0.25) is 0 Å². The van der Waals surface area contributed by atoms with Crippen LogP contribution in [0, 0.1) is 0 Å². The summed E-state index contributed by atoms with van der Waals surface area (Å²) in [5.74, 6) is -2.26. The fourth-order valence-electron chi connectivity index (χ4n) is 11.8. The van der Waals surface area contributed by atoms with Crippen molar-refractivity contribution in [3.63, 3.8) is 0 Å². The average Bonchev–Trinajstić information content (AvgIpc) is 3.38. The third-order valence-corrected chi connectivity index (χ3v) is 17.9. The summed E-state index contributed by atoms with van der Waals surface area (Å²) in [7, 11) is 5.95. The largest absolute Gasteiger partial charge is 0.545 e. The van der Waals surface area contributed by atoms with E-state index in [0.29, 0.717) is 23.9 Å². The van der Waals surface area contributed by atoms with Gasteiger partial charge in [0.25, 0.3) is 0 Å². The topological polar surface area (TPSA) is 111 Å². The fraction of sp³-hybridized carbons (Fsp3) is 0.821. The molecule has 93 heavy (non-hydrogen) atoms. The summed E-state index contributed by atoms with van der Waals surface area (Å²) in [5, 5.41) is 11.9. The predicted octanol–water partition coefficient (Wildman–Crippen LogP) is 24.3. The smallest absolute Gasteiger partial charge is 0.306 e. The van der Waals surface area contributed by atoms with Crippen molar-refractivity contribution >= 4 is 17.9 Å². The van der Waals surface area contributed by atoms with Crippen molar-refractivity contribution in [2.75, 3.05) is 47.5 Å². The molecule has 0 bridgehead atoms. The second kappa shape index (κ2) is 74.5. The van der Waals surface area contributed by atoms with Gasteiger partial charge in [-0.15, -0.1) is 0 Å². The molecule has 0 aliphatic heterocycles. The third-order valence-electron chi connectivity index (χ3n) is 17.9. The Morgan fingerprint density at radius 3 is 0.860 bits per heavy atom. The molecule has 0 fully saturated rings. The fourth-order valence-corrected chi connectivity index (χ4v) is 11.8. The maximum Gasteiger partial charge on any atom is 0.306 e. The highest BCUT2D eigenvalue weighted by Crippen LogP contribution is 2.19. The van der Waals surface area contributed by atoms with Crippen LogP contribution in [0.25, 0.3) is 0 Å². The minimum Gasteiger partial charge on any atom is -0.545 e. The Bertz CT molecular complexity index is 1760. The molecular formula is C84H153NO8. The summed E-state index contributed by atoms with van der Waals surface area (Å²) in [6.45, 7) is 4.78. The molecule has 0 aromatic heterocycles. The average molecular weight is 1310 g/mol. The Kier molecular flexibility index (Phi) is 71.9. The summed E-state index contributed by atoms with van der Waals surface area (Å²) >= 11 is 0. The number of ether oxygens (including phenoxy) is 4. The van der Waals surface area contributed by atoms with Crippen LogP contribution in [0.3, 0.4) is 0 Å². The van der Waals surface area contributed by atoms with Crippen molar-refractivity contribution in [2.24, 2.45) is 0 Å². The summed E-state index contributed by atoms with van der Waals surface area (Å²) in [4.78, 5) is 37.6. The third kappa shape index (κ3) is 76.0. The molecule has 0 rings (SSSR count). The number of hydrogen-bond acceptors (Lipinski definition) is 8. The van der Waals surface area contributed by atoms with Crippen LogP contribution in [0.5, 0.6) is 0 Å². The Balaban J connectivity index is 3.99. The Hall–Kier alpha value is -3.27. The summed E-state index contributed by atoms with van der Waals surface area (Å²) < 4.78 is 22.9. The number of carboxylic acids is 1. The quantitative estimate of drug-likeness (QED) is 0.0195. The number of aliphatic carboxylic acids is 1. The molecule has 2 atom stereocenters. The Labute approximate surface area is 577 Å². The van der Waals surface area contributed by atoms with Crippen molar-refractivity contribution in [1.29, 1.82) is 0 Å². The van der Waals surface area contributed by atoms with Gasteiger partial charge < -0.3 is 33.3 Å². The van der Waals surface area contributed by atoms with Gasteiger partial charge in [0, 0.05) is 12.8 Å². The molecule has 0 N–H and O–H groups in total. The second-order valence-electron chi connectivity index (χ2n) is 28.4. The number of rotatable bonds is 75. The number of likely N-dealkylation sites (N-methyl/N-ethyl adjacent to an activating group) is 1. The molecule has 9 heteroatoms. The lowest BCUT2D eigenvalue weighted by Crippen LogP contribution is -2.44. The van der Waals surface area contributed by atoms with Gasteiger partial charge in [-0.3, -0.25) is 9.59 Å². The molecular weight excluding hydrogens is 1150 g/mol. The van der Waals surface area contributed by atoms with Crippen molar-refractivity contribution < 1.29 is 42.9 Å². The van der Waals surface area contributed by atoms with Crippen LogP contribution < -0.4 is 5.11 Å². The van der Waals surface area contributed by atoms with Crippen LogP contribution >= 0.6 is 0 Å². The Morgan fingerprint density at radius 2 is 0.581 bits per heavy atom. The number of hydrogen-bond donors (Lipinski definition) is 0. The highest BCUT2D eigenvalue weighted by molar-refractivity contribution is 5.70. The first-order chi connectivity index (χ1) is 45.6. The summed E-state index contributed by atoms with van der Waals surface area (Å²) in [6, 6.07) is 0. The van der Waals surface area contributed by atoms with Gasteiger partial charge in [0.1, 0.15) is 13.2 Å². The van der Waals surface area contributed by atoms with E-state index in [-0.39, 0.29) is 32.2 Å². The number of carbonyl (C=O) groups excluding carboxylic acids is 3. The SMILES string of the molecule is CCCCCCC/C=C\C/C=C\C/C=C\CCCCCCCCCCCCCCCCCCCCCCCCCCC(=O)OC(COC(=O)CCCCCCCCCCCCCCCC/C=C\C/C=C\C/C=C\CCCCCCC)COC(OCC[N+](C)(C)C)C(=O)[O-]. The van der Waals surface area contributed by atoms with Crippen LogP contribution in [-0.2, 0) is 33.3 Å². The van der Waals surface area contributed by atoms with Gasteiger partial charge in [0.15, 0.2) is 12.4 Å². The van der Waals surface area contributed by atoms with E-state index >= 15 is 0 Å². The number of quaternary nitrogens is 1. The molecule has 0 aliphatic carbocycles. The number of carboxylic acid groups (broad SMARTS) is 1. The number of allylic oxidation sites excluding steroid dienone is 12. The van der Waals surface area contributed by atoms with E-state index in [9.17, 15) is 19.5 Å². The highest BCUT2D eigenvalue weighted by Gasteiger charge is 2.22. The van der Waals surface area contributed by atoms with Gasteiger partial charge >= 0.3 is 11.9 Å². The van der Waals surface area contributed by atoms with E-state index in [1.165, 1.54) is 295 Å². The molecule has 2 unspecified atom stereocenters. The van der Waals surface area contributed by atoms with E-state index in [1.807, 2.05) is 21.1 Å². The maximum atomic E-state index is 13.0. The minimum absolute atomic E-state index is 0.148. The zero-order valence-electron chi connectivity index (χ0n) is 62.1. The van der Waals surface area contributed by atoms with Crippen LogP contribution in [0.4, 0.5) is 0 Å². The molecule has 0 radical (unpaired) electrons. The lowest BCUT2D eigenvalue weighted by atomic mass is 10.0. The molecule has 0 aliphatic rings. The van der Waals surface area contributed by atoms with E-state index in [1.54, 1.807) is 0 Å². The lowest BCUT2D eigenvalue weighted by Gasteiger charge is -2.26. The van der Waals surface area contributed by atoms with Crippen LogP contribution in [0.1, 0.15) is 386 Å². The zero-order chi connectivity index (χ0) is 67.5. The molecule has 0 aromatic carbocycles. The molecule has 542 valence electrons. The van der Waals surface area contributed by atoms with E-state index in [2.05, 4.69) is 86.8 Å². The standard InChI is InChI=1S/C84H153NO8/c1-6-8-10-12-14-16-18-20-22-24-26-28-30-32-34-36-37-38-39-40-41-42-43-44-45-47-49-51-53-55-57-59-61-63-65-67-69-71-73-75-82(87)93-80(79-92-84(83(88)89)90-77-76-85(3,4)5)78-91-81(86)74-72-70-68-66-64-62-60-58-56-54-52-50-48-46-35-33-31-29-27-25-23-21-19-17-15-13-11-9-7-2/h18-21,24-27,30-33,80,84H,6-17,22-23,28-29,34-79H2,1-5H3/b20-18-,21-19-,26-24-,27-25-,32-30-,33-31-. The second-order valence-corrected chi connectivity index (χ2v) is 28.4. The van der Waals surface area contributed by atoms with E-state index < -0.39 is 24.3 Å². The van der Waals surface area contributed by atoms with Crippen LogP contribution in [-0.4, -0.2) is 82.3 Å². The first-order valence-electron chi connectivity index (χ1n) is 40.1. The normalized spacial score (nSPS) is 13.0. The number of unbranched alkanes of at least 4 members (excludes halogenated alkanes) is 48. The van der Waals surface area contributed by atoms with Crippen molar-refractivity contribution in [2.45, 2.75) is 399 Å². The minimum atomic E-state index is -1.62. The summed E-state index contributed by atoms with van der Waals surface area (Å²) in [6.07, 6.45) is 97.4. The zero-order valence-corrected chi connectivity index (χ0v) is 62.1. The van der Waals surface area contributed by atoms with Gasteiger partial charge in [-0.05, 0) is 89.9 Å². The van der Waals surface area contributed by atoms with Crippen molar-refractivity contribution in [3.05, 3.63) is 72.9 Å². The Morgan fingerprint density at radius 1 is 0.323 bits per heavy atom. The first kappa shape index (κ1) is 89.7. The molecule has 0 saturated heterocycles. The highest BCUT2D eigenvalue weighted by atomic mass is 16.7. The van der Waals surface area contributed by atoms with Gasteiger partial charge in [0.05, 0.1) is 40.3 Å². The number of esters is 2. The van der Waals surface area contributed by atoms with Gasteiger partial charge in [-0.1, -0.05) is 356 Å². The monoisotopic (exact) mass is 1300 g/mol. The lowest BCUT2D eigenvalue weighted by molar-refractivity contribution is -0.870.